The molecule has 2 rings (SSSR count). The molecular formula is C24H34N3O7P. The Morgan fingerprint density at radius 3 is 2.66 bits per heavy atom. The summed E-state index contributed by atoms with van der Waals surface area (Å²) in [5.74, 6) is -1.03. The smallest absolute Gasteiger partial charge is 0.288 e. The molecule has 3 amide bonds. The van der Waals surface area contributed by atoms with Crippen molar-refractivity contribution in [3.8, 4) is 11.3 Å². The number of nitrogens with zero attached hydrogens (tertiary/aromatic N) is 1. The highest BCUT2D eigenvalue weighted by atomic mass is 31.2. The maximum absolute atomic E-state index is 12.7. The average Bonchev–Trinajstić information content (AvgIpc) is 3.34. The molecule has 35 heavy (non-hydrogen) atoms. The van der Waals surface area contributed by atoms with Gasteiger partial charge >= 0.3 is 0 Å². The molecule has 0 saturated carbocycles. The summed E-state index contributed by atoms with van der Waals surface area (Å²) in [5, 5.41) is 15.6. The lowest BCUT2D eigenvalue weighted by molar-refractivity contribution is -0.154. The number of benzene rings is 1. The van der Waals surface area contributed by atoms with E-state index in [0.717, 1.165) is 19.3 Å². The first-order valence-electron chi connectivity index (χ1n) is 11.6. The van der Waals surface area contributed by atoms with Crippen LogP contribution in [0.25, 0.3) is 11.3 Å². The van der Waals surface area contributed by atoms with E-state index in [0.29, 0.717) is 34.7 Å². The molecule has 0 aliphatic rings. The highest BCUT2D eigenvalue weighted by molar-refractivity contribution is 7.66. The minimum Gasteiger partial charge on any atom is -0.451 e. The van der Waals surface area contributed by atoms with Crippen LogP contribution in [0.15, 0.2) is 40.8 Å². The van der Waals surface area contributed by atoms with Crippen LogP contribution < -0.4 is 15.9 Å². The second kappa shape index (κ2) is 13.8. The van der Waals surface area contributed by atoms with Gasteiger partial charge in [-0.3, -0.25) is 24.2 Å². The summed E-state index contributed by atoms with van der Waals surface area (Å²) >= 11 is 0. The van der Waals surface area contributed by atoms with Crippen molar-refractivity contribution in [2.24, 2.45) is 5.92 Å². The Hall–Kier alpha value is -2.94. The largest absolute Gasteiger partial charge is 0.451 e. The second-order valence-electron chi connectivity index (χ2n) is 8.12. The Labute approximate surface area is 205 Å². The van der Waals surface area contributed by atoms with Gasteiger partial charge in [0.2, 0.25) is 19.7 Å². The van der Waals surface area contributed by atoms with E-state index in [-0.39, 0.29) is 31.3 Å². The van der Waals surface area contributed by atoms with Gasteiger partial charge in [0.25, 0.3) is 5.91 Å². The maximum atomic E-state index is 12.7. The highest BCUT2D eigenvalue weighted by Gasteiger charge is 2.22. The molecule has 2 aromatic rings. The Bertz CT molecular complexity index is 1040. The van der Waals surface area contributed by atoms with Crippen molar-refractivity contribution in [2.45, 2.75) is 39.5 Å². The van der Waals surface area contributed by atoms with E-state index in [4.69, 9.17) is 8.94 Å². The van der Waals surface area contributed by atoms with Crippen LogP contribution in [0.4, 0.5) is 0 Å². The van der Waals surface area contributed by atoms with Crippen LogP contribution in [0, 0.1) is 5.92 Å². The van der Waals surface area contributed by atoms with Crippen molar-refractivity contribution < 1.29 is 33.1 Å². The van der Waals surface area contributed by atoms with Gasteiger partial charge in [0.15, 0.2) is 5.76 Å². The van der Waals surface area contributed by atoms with Gasteiger partial charge in [0, 0.05) is 17.5 Å². The van der Waals surface area contributed by atoms with Gasteiger partial charge in [0.1, 0.15) is 5.76 Å². The molecule has 10 nitrogen and oxygen atoms in total. The summed E-state index contributed by atoms with van der Waals surface area (Å²) in [6, 6.07) is 10.1. The molecule has 0 bridgehead atoms. The number of hydrogen-bond acceptors (Lipinski definition) is 7. The fraction of sp³-hybridized carbons (Fsp3) is 0.458. The van der Waals surface area contributed by atoms with Gasteiger partial charge in [-0.05, 0) is 37.6 Å². The zero-order chi connectivity index (χ0) is 25.8. The van der Waals surface area contributed by atoms with Crippen molar-refractivity contribution in [2.75, 3.05) is 26.5 Å². The third-order valence-corrected chi connectivity index (χ3v) is 7.34. The first-order valence-corrected chi connectivity index (χ1v) is 13.7. The Balaban J connectivity index is 1.96. The number of amides is 3. The normalized spacial score (nSPS) is 13.5. The molecule has 1 aromatic heterocycles. The van der Waals surface area contributed by atoms with E-state index in [1.807, 2.05) is 6.92 Å². The van der Waals surface area contributed by atoms with E-state index in [1.54, 1.807) is 43.9 Å². The third kappa shape index (κ3) is 8.65. The molecule has 1 heterocycles. The lowest BCUT2D eigenvalue weighted by Crippen LogP contribution is -2.42. The number of carbonyl (C=O) groups excluding carboxylic acids is 3. The quantitative estimate of drug-likeness (QED) is 0.0839. The number of rotatable bonds is 15. The summed E-state index contributed by atoms with van der Waals surface area (Å²) in [5.41, 5.74) is 0.648. The van der Waals surface area contributed by atoms with Gasteiger partial charge in [0.05, 0.1) is 25.7 Å². The number of carbonyl (C=O) groups is 3. The van der Waals surface area contributed by atoms with Gasteiger partial charge in [-0.15, -0.1) is 0 Å². The molecule has 0 spiro atoms. The number of unbranched alkanes of at least 4 members (excludes halogenated alkanes) is 2. The molecule has 1 aromatic carbocycles. The maximum Gasteiger partial charge on any atom is 0.288 e. The van der Waals surface area contributed by atoms with Crippen LogP contribution in [0.1, 0.15) is 50.1 Å². The van der Waals surface area contributed by atoms with Crippen LogP contribution in [-0.4, -0.2) is 55.0 Å². The van der Waals surface area contributed by atoms with E-state index in [1.165, 1.54) is 6.07 Å². The second-order valence-corrected chi connectivity index (χ2v) is 10.6. The molecule has 3 N–H and O–H groups in total. The highest BCUT2D eigenvalue weighted by Crippen LogP contribution is 2.41. The minimum atomic E-state index is -2.96. The molecule has 0 aliphatic carbocycles. The Morgan fingerprint density at radius 2 is 1.97 bits per heavy atom. The zero-order valence-corrected chi connectivity index (χ0v) is 21.3. The topological polar surface area (TPSA) is 138 Å². The third-order valence-electron chi connectivity index (χ3n) is 5.37. The van der Waals surface area contributed by atoms with Gasteiger partial charge in [-0.25, -0.2) is 5.06 Å². The number of nitrogens with one attached hydrogen (secondary N) is 2. The summed E-state index contributed by atoms with van der Waals surface area (Å²) in [6.45, 7) is 5.42. The monoisotopic (exact) mass is 507 g/mol. The van der Waals surface area contributed by atoms with Crippen LogP contribution >= 0.6 is 7.37 Å². The zero-order valence-electron chi connectivity index (χ0n) is 20.4. The van der Waals surface area contributed by atoms with Crippen molar-refractivity contribution in [3.05, 3.63) is 42.2 Å². The fourth-order valence-corrected chi connectivity index (χ4v) is 4.88. The standard InChI is InChI=1S/C24H34N3O7P/c1-4-6-7-9-19(15-27(31)17-28)23(29)25-16-26-24(30)22-13-12-21(34-22)18-10-8-11-20(14-18)35(3,32)33-5-2/h8,10-14,17,19,31H,4-7,9,15-16H2,1-3H3,(H,25,29)(H,26,30). The van der Waals surface area contributed by atoms with Crippen LogP contribution in [0.3, 0.4) is 0 Å². The lowest BCUT2D eigenvalue weighted by Gasteiger charge is -2.19. The first kappa shape index (κ1) is 28.3. The van der Waals surface area contributed by atoms with Crippen LogP contribution in [0.5, 0.6) is 0 Å². The predicted octanol–water partition coefficient (Wildman–Crippen LogP) is 3.36. The predicted molar refractivity (Wildman–Crippen MR) is 132 cm³/mol. The van der Waals surface area contributed by atoms with Gasteiger partial charge in [-0.1, -0.05) is 38.3 Å². The molecular weight excluding hydrogens is 473 g/mol. The van der Waals surface area contributed by atoms with Crippen molar-refractivity contribution in [1.82, 2.24) is 15.7 Å². The molecule has 2 atom stereocenters. The van der Waals surface area contributed by atoms with Gasteiger partial charge < -0.3 is 19.6 Å². The molecule has 0 radical (unpaired) electrons. The average molecular weight is 508 g/mol. The molecule has 0 saturated heterocycles. The van der Waals surface area contributed by atoms with Crippen molar-refractivity contribution >= 4 is 30.9 Å². The first-order chi connectivity index (χ1) is 16.7. The fourth-order valence-electron chi connectivity index (χ4n) is 3.51. The van der Waals surface area contributed by atoms with E-state index < -0.39 is 19.2 Å². The summed E-state index contributed by atoms with van der Waals surface area (Å²) in [6.07, 6.45) is 3.44. The lowest BCUT2D eigenvalue weighted by atomic mass is 10.0. The van der Waals surface area contributed by atoms with E-state index in [2.05, 4.69) is 10.6 Å². The van der Waals surface area contributed by atoms with E-state index >= 15 is 0 Å². The molecule has 0 fully saturated rings. The van der Waals surface area contributed by atoms with Crippen LogP contribution in [0.2, 0.25) is 0 Å². The number of furan rings is 1. The van der Waals surface area contributed by atoms with Crippen molar-refractivity contribution in [3.63, 3.8) is 0 Å². The molecule has 2 unspecified atom stereocenters. The summed E-state index contributed by atoms with van der Waals surface area (Å²) in [7, 11) is -2.96. The minimum absolute atomic E-state index is 0.0473. The number of hydroxylamine groups is 2. The molecule has 11 heteroatoms. The van der Waals surface area contributed by atoms with E-state index in [9.17, 15) is 24.2 Å². The van der Waals surface area contributed by atoms with Crippen molar-refractivity contribution in [1.29, 1.82) is 0 Å². The Kier molecular flexibility index (Phi) is 11.2. The SMILES string of the molecule is CCCCCC(CN(O)C=O)C(=O)NCNC(=O)c1ccc(-c2cccc(P(C)(=O)OCC)c2)o1. The van der Waals surface area contributed by atoms with Gasteiger partial charge in [-0.2, -0.15) is 0 Å². The Morgan fingerprint density at radius 1 is 1.20 bits per heavy atom. The summed E-state index contributed by atoms with van der Waals surface area (Å²) in [4.78, 5) is 35.7. The molecule has 0 aliphatic heterocycles. The van der Waals surface area contributed by atoms with Crippen LogP contribution in [-0.2, 0) is 18.7 Å². The molecule has 192 valence electrons. The number of hydrogen-bond donors (Lipinski definition) is 3. The summed E-state index contributed by atoms with van der Waals surface area (Å²) < 4.78 is 23.7.